The minimum atomic E-state index is -1.11. The lowest BCUT2D eigenvalue weighted by molar-refractivity contribution is -0.163. The topological polar surface area (TPSA) is 74.6 Å². The molecule has 2 N–H and O–H groups in total. The Hall–Kier alpha value is -1.06. The van der Waals surface area contributed by atoms with E-state index in [0.717, 1.165) is 0 Å². The second-order valence-electron chi connectivity index (χ2n) is 3.47. The van der Waals surface area contributed by atoms with E-state index in [0.29, 0.717) is 19.3 Å². The van der Waals surface area contributed by atoms with Gasteiger partial charge < -0.3 is 10.2 Å². The van der Waals surface area contributed by atoms with Gasteiger partial charge in [0.15, 0.2) is 0 Å². The molecule has 0 aromatic heterocycles. The van der Waals surface area contributed by atoms with E-state index in [-0.39, 0.29) is 0 Å². The summed E-state index contributed by atoms with van der Waals surface area (Å²) >= 11 is 0. The van der Waals surface area contributed by atoms with E-state index in [9.17, 15) is 9.59 Å². The van der Waals surface area contributed by atoms with Crippen LogP contribution in [0.5, 0.6) is 0 Å². The molecule has 0 amide bonds. The van der Waals surface area contributed by atoms with Crippen LogP contribution in [-0.2, 0) is 9.59 Å². The molecule has 0 aliphatic heterocycles. The normalized spacial score (nSPS) is 13.6. The van der Waals surface area contributed by atoms with E-state index in [1.54, 1.807) is 20.8 Å². The molecule has 82 valence electrons. The van der Waals surface area contributed by atoms with Crippen molar-refractivity contribution in [1.82, 2.24) is 0 Å². The summed E-state index contributed by atoms with van der Waals surface area (Å²) in [4.78, 5) is 22.1. The van der Waals surface area contributed by atoms with E-state index < -0.39 is 23.3 Å². The number of rotatable bonds is 6. The lowest BCUT2D eigenvalue weighted by atomic mass is 9.70. The molecule has 4 nitrogen and oxygen atoms in total. The van der Waals surface area contributed by atoms with Crippen molar-refractivity contribution in [3.05, 3.63) is 0 Å². The van der Waals surface area contributed by atoms with E-state index in [2.05, 4.69) is 0 Å². The summed E-state index contributed by atoms with van der Waals surface area (Å²) in [5.41, 5.74) is -1.11. The molecular formula is C10H18O4. The Balaban J connectivity index is 5.13. The van der Waals surface area contributed by atoms with Crippen molar-refractivity contribution in [2.75, 3.05) is 0 Å². The molecule has 0 radical (unpaired) electrons. The molecule has 0 bridgehead atoms. The summed E-state index contributed by atoms with van der Waals surface area (Å²) in [5, 5.41) is 18.1. The standard InChI is InChI=1S/C10H18O4/c1-4-7(8(11)12)10(5-2,6-3)9(13)14/h7H,4-6H2,1-3H3,(H,11,12)(H,13,14). The van der Waals surface area contributed by atoms with Crippen molar-refractivity contribution in [3.8, 4) is 0 Å². The second kappa shape index (κ2) is 4.98. The van der Waals surface area contributed by atoms with Crippen LogP contribution in [0.4, 0.5) is 0 Å². The van der Waals surface area contributed by atoms with Gasteiger partial charge >= 0.3 is 11.9 Å². The third-order valence-corrected chi connectivity index (χ3v) is 3.06. The van der Waals surface area contributed by atoms with Gasteiger partial charge in [-0.05, 0) is 19.3 Å². The molecule has 14 heavy (non-hydrogen) atoms. The zero-order chi connectivity index (χ0) is 11.4. The number of carbonyl (C=O) groups is 2. The summed E-state index contributed by atoms with van der Waals surface area (Å²) in [6.07, 6.45) is 1.05. The molecule has 0 aromatic carbocycles. The Bertz CT molecular complexity index is 218. The first-order valence-electron chi connectivity index (χ1n) is 4.92. The maximum Gasteiger partial charge on any atom is 0.310 e. The molecule has 0 fully saturated rings. The third kappa shape index (κ3) is 2.05. The zero-order valence-electron chi connectivity index (χ0n) is 8.91. The van der Waals surface area contributed by atoms with Crippen LogP contribution in [0.1, 0.15) is 40.0 Å². The van der Waals surface area contributed by atoms with Crippen LogP contribution >= 0.6 is 0 Å². The van der Waals surface area contributed by atoms with Crippen molar-refractivity contribution in [2.45, 2.75) is 40.0 Å². The monoisotopic (exact) mass is 202 g/mol. The Morgan fingerprint density at radius 1 is 1.14 bits per heavy atom. The molecule has 0 aromatic rings. The van der Waals surface area contributed by atoms with E-state index in [1.165, 1.54) is 0 Å². The van der Waals surface area contributed by atoms with Crippen LogP contribution in [0, 0.1) is 11.3 Å². The van der Waals surface area contributed by atoms with Crippen molar-refractivity contribution in [2.24, 2.45) is 11.3 Å². The lowest BCUT2D eigenvalue weighted by Crippen LogP contribution is -2.41. The van der Waals surface area contributed by atoms with Gasteiger partial charge in [0.05, 0.1) is 11.3 Å². The molecule has 0 spiro atoms. The molecular weight excluding hydrogens is 184 g/mol. The molecule has 0 saturated carbocycles. The zero-order valence-corrected chi connectivity index (χ0v) is 8.91. The fourth-order valence-electron chi connectivity index (χ4n) is 2.00. The maximum atomic E-state index is 11.1. The Kier molecular flexibility index (Phi) is 4.60. The quantitative estimate of drug-likeness (QED) is 0.690. The van der Waals surface area contributed by atoms with Crippen LogP contribution in [0.25, 0.3) is 0 Å². The van der Waals surface area contributed by atoms with Crippen LogP contribution in [-0.4, -0.2) is 22.2 Å². The third-order valence-electron chi connectivity index (χ3n) is 3.06. The fraction of sp³-hybridized carbons (Fsp3) is 0.800. The lowest BCUT2D eigenvalue weighted by Gasteiger charge is -2.32. The van der Waals surface area contributed by atoms with E-state index in [4.69, 9.17) is 10.2 Å². The predicted molar refractivity (Wildman–Crippen MR) is 52.1 cm³/mol. The highest BCUT2D eigenvalue weighted by Gasteiger charge is 2.45. The van der Waals surface area contributed by atoms with Crippen LogP contribution < -0.4 is 0 Å². The van der Waals surface area contributed by atoms with E-state index in [1.807, 2.05) is 0 Å². The molecule has 0 rings (SSSR count). The van der Waals surface area contributed by atoms with Gasteiger partial charge in [0.25, 0.3) is 0 Å². The van der Waals surface area contributed by atoms with Gasteiger partial charge in [-0.25, -0.2) is 0 Å². The second-order valence-corrected chi connectivity index (χ2v) is 3.47. The first-order chi connectivity index (χ1) is 6.46. The summed E-state index contributed by atoms with van der Waals surface area (Å²) in [7, 11) is 0. The van der Waals surface area contributed by atoms with Crippen molar-refractivity contribution in [1.29, 1.82) is 0 Å². The number of hydrogen-bond donors (Lipinski definition) is 2. The van der Waals surface area contributed by atoms with Gasteiger partial charge in [0.2, 0.25) is 0 Å². The molecule has 0 aliphatic carbocycles. The summed E-state index contributed by atoms with van der Waals surface area (Å²) in [5.74, 6) is -2.81. The molecule has 0 aliphatic rings. The van der Waals surface area contributed by atoms with Gasteiger partial charge in [0, 0.05) is 0 Å². The Labute approximate surface area is 83.9 Å². The highest BCUT2D eigenvalue weighted by molar-refractivity contribution is 5.83. The first kappa shape index (κ1) is 12.9. The average Bonchev–Trinajstić information content (AvgIpc) is 2.12. The van der Waals surface area contributed by atoms with Crippen molar-refractivity contribution >= 4 is 11.9 Å². The Morgan fingerprint density at radius 3 is 1.64 bits per heavy atom. The van der Waals surface area contributed by atoms with Crippen LogP contribution in [0.3, 0.4) is 0 Å². The van der Waals surface area contributed by atoms with Crippen molar-refractivity contribution in [3.63, 3.8) is 0 Å². The highest BCUT2D eigenvalue weighted by atomic mass is 16.4. The van der Waals surface area contributed by atoms with Gasteiger partial charge in [-0.1, -0.05) is 20.8 Å². The van der Waals surface area contributed by atoms with Gasteiger partial charge in [0.1, 0.15) is 0 Å². The van der Waals surface area contributed by atoms with Crippen LogP contribution in [0.15, 0.2) is 0 Å². The largest absolute Gasteiger partial charge is 0.481 e. The molecule has 4 heteroatoms. The fourth-order valence-corrected chi connectivity index (χ4v) is 2.00. The SMILES string of the molecule is CCC(C(=O)O)C(CC)(CC)C(=O)O. The maximum absolute atomic E-state index is 11.1. The number of hydrogen-bond acceptors (Lipinski definition) is 2. The predicted octanol–water partition coefficient (Wildman–Crippen LogP) is 1.99. The summed E-state index contributed by atoms with van der Waals surface area (Å²) < 4.78 is 0. The van der Waals surface area contributed by atoms with E-state index >= 15 is 0 Å². The van der Waals surface area contributed by atoms with Gasteiger partial charge in [-0.2, -0.15) is 0 Å². The van der Waals surface area contributed by atoms with Gasteiger partial charge in [-0.3, -0.25) is 9.59 Å². The molecule has 0 heterocycles. The number of carboxylic acids is 2. The molecule has 1 atom stereocenters. The minimum Gasteiger partial charge on any atom is -0.481 e. The summed E-state index contributed by atoms with van der Waals surface area (Å²) in [6, 6.07) is 0. The number of aliphatic carboxylic acids is 2. The smallest absolute Gasteiger partial charge is 0.310 e. The van der Waals surface area contributed by atoms with Crippen molar-refractivity contribution < 1.29 is 19.8 Å². The molecule has 0 saturated heterocycles. The van der Waals surface area contributed by atoms with Crippen LogP contribution in [0.2, 0.25) is 0 Å². The molecule has 1 unspecified atom stereocenters. The summed E-state index contributed by atoms with van der Waals surface area (Å²) in [6.45, 7) is 5.16. The first-order valence-corrected chi connectivity index (χ1v) is 4.92. The Morgan fingerprint density at radius 2 is 1.57 bits per heavy atom. The average molecular weight is 202 g/mol. The minimum absolute atomic E-state index is 0.351. The van der Waals surface area contributed by atoms with Gasteiger partial charge in [-0.15, -0.1) is 0 Å². The highest BCUT2D eigenvalue weighted by Crippen LogP contribution is 2.37. The number of carboxylic acid groups (broad SMARTS) is 2.